The standard InChI is InChI=1S/C21H26FN5O4S2/c1-13-8-16(27-32(3,4)28)10-18-20(13)21(24-12-23-18)25-17-7-6-15(22)9-19(17)31-11-14(2)26-33(5,29)30/h6-10,12,14,26H,3,11H2,1-2,4-5H3,(H,27,28)(H,23,24,25). The number of nitrogens with zero attached hydrogens (tertiary/aromatic N) is 2. The van der Waals surface area contributed by atoms with Gasteiger partial charge >= 0.3 is 0 Å². The molecule has 0 saturated heterocycles. The number of anilines is 3. The maximum atomic E-state index is 13.9. The molecule has 0 radical (unpaired) electrons. The zero-order chi connectivity index (χ0) is 24.4. The molecule has 0 fully saturated rings. The molecule has 0 bridgehead atoms. The lowest BCUT2D eigenvalue weighted by Crippen LogP contribution is -2.36. The van der Waals surface area contributed by atoms with E-state index in [1.807, 2.05) is 13.0 Å². The highest BCUT2D eigenvalue weighted by Gasteiger charge is 2.15. The molecule has 0 saturated carbocycles. The Morgan fingerprint density at radius 1 is 1.15 bits per heavy atom. The summed E-state index contributed by atoms with van der Waals surface area (Å²) in [5.41, 5.74) is 2.48. The maximum Gasteiger partial charge on any atom is 0.209 e. The number of aryl methyl sites for hydroxylation is 1. The number of hydrogen-bond acceptors (Lipinski definition) is 7. The molecule has 2 atom stereocenters. The first kappa shape index (κ1) is 24.7. The van der Waals surface area contributed by atoms with Gasteiger partial charge < -0.3 is 14.8 Å². The maximum absolute atomic E-state index is 13.9. The predicted octanol–water partition coefficient (Wildman–Crippen LogP) is 2.81. The average Bonchev–Trinajstić information content (AvgIpc) is 2.65. The Morgan fingerprint density at radius 3 is 2.55 bits per heavy atom. The van der Waals surface area contributed by atoms with Gasteiger partial charge in [0, 0.05) is 33.1 Å². The smallest absolute Gasteiger partial charge is 0.209 e. The summed E-state index contributed by atoms with van der Waals surface area (Å²) >= 11 is 0. The molecule has 0 spiro atoms. The van der Waals surface area contributed by atoms with Crippen molar-refractivity contribution in [3.63, 3.8) is 0 Å². The van der Waals surface area contributed by atoms with Crippen LogP contribution in [0, 0.1) is 12.7 Å². The van der Waals surface area contributed by atoms with E-state index in [0.29, 0.717) is 22.7 Å². The largest absolute Gasteiger partial charge is 0.490 e. The van der Waals surface area contributed by atoms with Crippen LogP contribution in [0.5, 0.6) is 5.75 Å². The van der Waals surface area contributed by atoms with E-state index in [1.54, 1.807) is 13.0 Å². The number of rotatable bonds is 9. The topological polar surface area (TPSA) is 122 Å². The van der Waals surface area contributed by atoms with Crippen LogP contribution in [-0.2, 0) is 19.7 Å². The van der Waals surface area contributed by atoms with Crippen LogP contribution in [0.15, 0.2) is 36.7 Å². The molecule has 1 aromatic heterocycles. The third-order valence-electron chi connectivity index (χ3n) is 4.37. The van der Waals surface area contributed by atoms with Gasteiger partial charge in [0.2, 0.25) is 10.0 Å². The molecule has 0 aliphatic heterocycles. The number of nitrogens with one attached hydrogen (secondary N) is 3. The number of fused-ring (bicyclic) bond motifs is 1. The van der Waals surface area contributed by atoms with Gasteiger partial charge in [0.25, 0.3) is 0 Å². The van der Waals surface area contributed by atoms with Crippen molar-refractivity contribution in [2.75, 3.05) is 29.2 Å². The van der Waals surface area contributed by atoms with E-state index >= 15 is 0 Å². The Bertz CT molecular complexity index is 1400. The van der Waals surface area contributed by atoms with Crippen LogP contribution in [-0.4, -0.2) is 53.6 Å². The van der Waals surface area contributed by atoms with Crippen LogP contribution < -0.4 is 19.5 Å². The van der Waals surface area contributed by atoms with E-state index in [9.17, 15) is 17.0 Å². The minimum Gasteiger partial charge on any atom is -0.490 e. The van der Waals surface area contributed by atoms with Crippen molar-refractivity contribution in [3.8, 4) is 5.75 Å². The molecule has 3 rings (SSSR count). The van der Waals surface area contributed by atoms with Crippen molar-refractivity contribution in [1.82, 2.24) is 14.7 Å². The van der Waals surface area contributed by atoms with Gasteiger partial charge in [-0.3, -0.25) is 0 Å². The molecule has 33 heavy (non-hydrogen) atoms. The van der Waals surface area contributed by atoms with Gasteiger partial charge in [-0.05, 0) is 49.5 Å². The van der Waals surface area contributed by atoms with Gasteiger partial charge in [0.1, 0.15) is 30.3 Å². The second-order valence-electron chi connectivity index (χ2n) is 7.88. The summed E-state index contributed by atoms with van der Waals surface area (Å²) in [6, 6.07) is 7.02. The van der Waals surface area contributed by atoms with E-state index < -0.39 is 31.6 Å². The molecular formula is C21H26FN5O4S2. The van der Waals surface area contributed by atoms with Crippen molar-refractivity contribution in [1.29, 1.82) is 0 Å². The number of halogens is 1. The fraction of sp³-hybridized carbons (Fsp3) is 0.286. The van der Waals surface area contributed by atoms with Gasteiger partial charge in [0.05, 0.1) is 23.5 Å². The number of benzene rings is 2. The Hall–Kier alpha value is -2.96. The summed E-state index contributed by atoms with van der Waals surface area (Å²) in [5.74, 6) is 3.76. The summed E-state index contributed by atoms with van der Waals surface area (Å²) < 4.78 is 59.7. The summed E-state index contributed by atoms with van der Waals surface area (Å²) in [4.78, 5) is 8.63. The highest BCUT2D eigenvalue weighted by Crippen LogP contribution is 2.33. The molecule has 3 aromatic rings. The minimum atomic E-state index is -3.40. The number of aromatic nitrogens is 2. The molecule has 9 nitrogen and oxygen atoms in total. The van der Waals surface area contributed by atoms with Crippen molar-refractivity contribution < 1.29 is 21.8 Å². The summed E-state index contributed by atoms with van der Waals surface area (Å²) in [6.45, 7) is 3.50. The third-order valence-corrected chi connectivity index (χ3v) is 5.87. The van der Waals surface area contributed by atoms with E-state index in [0.717, 1.165) is 17.2 Å². The van der Waals surface area contributed by atoms with Crippen LogP contribution in [0.1, 0.15) is 12.5 Å². The lowest BCUT2D eigenvalue weighted by Gasteiger charge is -2.18. The number of ether oxygens (including phenoxy) is 1. The first-order valence-electron chi connectivity index (χ1n) is 9.83. The zero-order valence-corrected chi connectivity index (χ0v) is 20.3. The summed E-state index contributed by atoms with van der Waals surface area (Å²) in [6.07, 6.45) is 3.93. The molecule has 0 amide bonds. The molecule has 1 heterocycles. The van der Waals surface area contributed by atoms with Crippen molar-refractivity contribution in [3.05, 3.63) is 48.0 Å². The summed E-state index contributed by atoms with van der Waals surface area (Å²) in [7, 11) is -5.86. The fourth-order valence-electron chi connectivity index (χ4n) is 3.26. The molecule has 12 heteroatoms. The minimum absolute atomic E-state index is 0.00880. The van der Waals surface area contributed by atoms with E-state index in [-0.39, 0.29) is 12.4 Å². The third kappa shape index (κ3) is 7.01. The second kappa shape index (κ2) is 9.49. The molecule has 0 aliphatic carbocycles. The van der Waals surface area contributed by atoms with Crippen molar-refractivity contribution in [2.45, 2.75) is 19.9 Å². The van der Waals surface area contributed by atoms with Gasteiger partial charge in [-0.2, -0.15) is 0 Å². The molecule has 3 N–H and O–H groups in total. The van der Waals surface area contributed by atoms with Crippen LogP contribution in [0.4, 0.5) is 21.6 Å². The molecular weight excluding hydrogens is 469 g/mol. The Kier molecular flexibility index (Phi) is 7.10. The van der Waals surface area contributed by atoms with Crippen LogP contribution >= 0.6 is 0 Å². The SMILES string of the molecule is C=S(C)(=O)Nc1cc(C)c2c(Nc3ccc(F)cc3OCC(C)NS(C)(=O)=O)ncnc2c1. The Labute approximate surface area is 193 Å². The monoisotopic (exact) mass is 495 g/mol. The van der Waals surface area contributed by atoms with Crippen molar-refractivity contribution in [2.24, 2.45) is 0 Å². The highest BCUT2D eigenvalue weighted by molar-refractivity contribution is 8.00. The molecule has 2 aromatic carbocycles. The Morgan fingerprint density at radius 2 is 1.88 bits per heavy atom. The van der Waals surface area contributed by atoms with Gasteiger partial charge in [-0.1, -0.05) is 0 Å². The van der Waals surface area contributed by atoms with E-state index in [4.69, 9.17) is 4.74 Å². The summed E-state index contributed by atoms with van der Waals surface area (Å²) in [5, 5.41) is 3.87. The lowest BCUT2D eigenvalue weighted by molar-refractivity contribution is 0.288. The quantitative estimate of drug-likeness (QED) is 0.390. The number of sulfonamides is 1. The van der Waals surface area contributed by atoms with Crippen LogP contribution in [0.3, 0.4) is 0 Å². The predicted molar refractivity (Wildman–Crippen MR) is 132 cm³/mol. The first-order chi connectivity index (χ1) is 15.3. The molecule has 178 valence electrons. The first-order valence-corrected chi connectivity index (χ1v) is 13.9. The highest BCUT2D eigenvalue weighted by atomic mass is 32.2. The molecule has 2 unspecified atom stereocenters. The van der Waals surface area contributed by atoms with E-state index in [2.05, 4.69) is 30.6 Å². The normalized spacial score (nSPS) is 14.5. The van der Waals surface area contributed by atoms with Gasteiger partial charge in [0.15, 0.2) is 0 Å². The fourth-order valence-corrected chi connectivity index (χ4v) is 4.67. The zero-order valence-electron chi connectivity index (χ0n) is 18.7. The van der Waals surface area contributed by atoms with Gasteiger partial charge in [-0.15, -0.1) is 0 Å². The Balaban J connectivity index is 1.92. The lowest BCUT2D eigenvalue weighted by atomic mass is 10.1. The number of hydrogen-bond donors (Lipinski definition) is 3. The average molecular weight is 496 g/mol. The van der Waals surface area contributed by atoms with Crippen molar-refractivity contribution >= 4 is 53.7 Å². The van der Waals surface area contributed by atoms with E-state index in [1.165, 1.54) is 30.8 Å². The van der Waals surface area contributed by atoms with Crippen LogP contribution in [0.2, 0.25) is 0 Å². The van der Waals surface area contributed by atoms with Crippen LogP contribution in [0.25, 0.3) is 10.9 Å². The second-order valence-corrected chi connectivity index (χ2v) is 11.9. The van der Waals surface area contributed by atoms with Gasteiger partial charge in [-0.25, -0.2) is 31.7 Å². The molecule has 0 aliphatic rings.